The van der Waals surface area contributed by atoms with Gasteiger partial charge in [0.05, 0.1) is 11.2 Å². The van der Waals surface area contributed by atoms with Crippen molar-refractivity contribution in [3.8, 4) is 0 Å². The van der Waals surface area contributed by atoms with E-state index >= 15 is 0 Å². The van der Waals surface area contributed by atoms with Crippen LogP contribution in [0.4, 0.5) is 5.69 Å². The zero-order chi connectivity index (χ0) is 15.1. The minimum atomic E-state index is 0.659. The summed E-state index contributed by atoms with van der Waals surface area (Å²) >= 11 is 0. The first kappa shape index (κ1) is 14.0. The first-order valence-electron chi connectivity index (χ1n) is 8.56. The maximum Gasteiger partial charge on any atom is 0.0726 e. The highest BCUT2D eigenvalue weighted by molar-refractivity contribution is 5.94. The Balaban J connectivity index is 1.80. The van der Waals surface area contributed by atoms with Gasteiger partial charge in [0, 0.05) is 24.2 Å². The van der Waals surface area contributed by atoms with E-state index in [1.54, 1.807) is 0 Å². The van der Waals surface area contributed by atoms with Crippen molar-refractivity contribution in [3.05, 3.63) is 35.5 Å². The monoisotopic (exact) mass is 295 g/mol. The molecule has 116 valence electrons. The molecule has 0 N–H and O–H groups in total. The number of aryl methyl sites for hydroxylation is 1. The molecule has 0 bridgehead atoms. The fourth-order valence-electron chi connectivity index (χ4n) is 4.15. The van der Waals surface area contributed by atoms with Crippen LogP contribution in [-0.2, 0) is 12.8 Å². The van der Waals surface area contributed by atoms with E-state index in [1.807, 2.05) is 0 Å². The van der Waals surface area contributed by atoms with E-state index in [0.717, 1.165) is 11.9 Å². The Bertz CT molecular complexity index is 686. The lowest BCUT2D eigenvalue weighted by atomic mass is 10.00. The fraction of sp³-hybridized carbons (Fsp3) is 0.526. The molecule has 2 aliphatic rings. The minimum absolute atomic E-state index is 0.659. The molecular formula is C19H25N3. The van der Waals surface area contributed by atoms with E-state index < -0.39 is 0 Å². The van der Waals surface area contributed by atoms with Crippen LogP contribution in [0.2, 0.25) is 0 Å². The van der Waals surface area contributed by atoms with Crippen molar-refractivity contribution >= 4 is 16.6 Å². The van der Waals surface area contributed by atoms with Gasteiger partial charge in [0.25, 0.3) is 0 Å². The van der Waals surface area contributed by atoms with Crippen molar-refractivity contribution in [2.24, 2.45) is 0 Å². The van der Waals surface area contributed by atoms with E-state index in [2.05, 4.69) is 48.2 Å². The molecule has 3 heteroatoms. The van der Waals surface area contributed by atoms with Crippen LogP contribution < -0.4 is 4.90 Å². The summed E-state index contributed by atoms with van der Waals surface area (Å²) in [4.78, 5) is 9.94. The molecule has 0 amide bonds. The highest BCUT2D eigenvalue weighted by Crippen LogP contribution is 2.37. The molecule has 1 aliphatic heterocycles. The topological polar surface area (TPSA) is 19.4 Å². The summed E-state index contributed by atoms with van der Waals surface area (Å²) in [6.07, 6.45) is 6.12. The van der Waals surface area contributed by atoms with Crippen LogP contribution in [0.5, 0.6) is 0 Å². The van der Waals surface area contributed by atoms with Gasteiger partial charge < -0.3 is 9.80 Å². The number of pyridine rings is 1. The first-order valence-corrected chi connectivity index (χ1v) is 8.56. The molecule has 0 unspecified atom stereocenters. The Kier molecular flexibility index (Phi) is 3.53. The highest BCUT2D eigenvalue weighted by atomic mass is 15.2. The van der Waals surface area contributed by atoms with E-state index in [1.165, 1.54) is 61.1 Å². The van der Waals surface area contributed by atoms with Crippen LogP contribution in [0.25, 0.3) is 10.9 Å². The lowest BCUT2D eigenvalue weighted by Crippen LogP contribution is -2.42. The average Bonchev–Trinajstić information content (AvgIpc) is 3.00. The highest BCUT2D eigenvalue weighted by Gasteiger charge is 2.27. The van der Waals surface area contributed by atoms with Gasteiger partial charge in [-0.15, -0.1) is 0 Å². The molecule has 1 aliphatic carbocycles. The third-order valence-corrected chi connectivity index (χ3v) is 5.48. The van der Waals surface area contributed by atoms with Gasteiger partial charge in [0.1, 0.15) is 0 Å². The summed E-state index contributed by atoms with van der Waals surface area (Å²) in [6, 6.07) is 9.33. The number of hydrogen-bond donors (Lipinski definition) is 0. The zero-order valence-electron chi connectivity index (χ0n) is 13.7. The normalized spacial score (nSPS) is 19.5. The SMILES string of the molecule is CN1CCC(N(C)c2c3c(nc4ccccc24)CCC3)CC1. The van der Waals surface area contributed by atoms with Gasteiger partial charge in [-0.1, -0.05) is 18.2 Å². The Hall–Kier alpha value is -1.61. The lowest BCUT2D eigenvalue weighted by molar-refractivity contribution is 0.253. The maximum atomic E-state index is 4.92. The van der Waals surface area contributed by atoms with Gasteiger partial charge in [0.2, 0.25) is 0 Å². The Morgan fingerprint density at radius 2 is 1.91 bits per heavy atom. The van der Waals surface area contributed by atoms with Crippen molar-refractivity contribution in [1.29, 1.82) is 0 Å². The second kappa shape index (κ2) is 5.54. The van der Waals surface area contributed by atoms with Crippen molar-refractivity contribution in [3.63, 3.8) is 0 Å². The molecule has 1 aromatic carbocycles. The van der Waals surface area contributed by atoms with E-state index in [9.17, 15) is 0 Å². The van der Waals surface area contributed by atoms with Crippen molar-refractivity contribution in [2.75, 3.05) is 32.1 Å². The number of para-hydroxylation sites is 1. The second-order valence-electron chi connectivity index (χ2n) is 6.90. The zero-order valence-corrected chi connectivity index (χ0v) is 13.7. The predicted molar refractivity (Wildman–Crippen MR) is 92.7 cm³/mol. The lowest BCUT2D eigenvalue weighted by Gasteiger charge is -2.37. The van der Waals surface area contributed by atoms with Crippen LogP contribution >= 0.6 is 0 Å². The second-order valence-corrected chi connectivity index (χ2v) is 6.90. The summed E-state index contributed by atoms with van der Waals surface area (Å²) in [7, 11) is 4.53. The largest absolute Gasteiger partial charge is 0.371 e. The van der Waals surface area contributed by atoms with E-state index in [0.29, 0.717) is 6.04 Å². The predicted octanol–water partition coefficient (Wildman–Crippen LogP) is 3.25. The molecule has 2 heterocycles. The summed E-state index contributed by atoms with van der Waals surface area (Å²) in [5, 5.41) is 1.34. The Morgan fingerprint density at radius 1 is 1.14 bits per heavy atom. The summed E-state index contributed by atoms with van der Waals surface area (Å²) in [5.41, 5.74) is 5.49. The molecule has 0 atom stereocenters. The quantitative estimate of drug-likeness (QED) is 0.848. The van der Waals surface area contributed by atoms with E-state index in [4.69, 9.17) is 4.98 Å². The number of nitrogens with zero attached hydrogens (tertiary/aromatic N) is 3. The average molecular weight is 295 g/mol. The van der Waals surface area contributed by atoms with Gasteiger partial charge in [-0.3, -0.25) is 4.98 Å². The van der Waals surface area contributed by atoms with Crippen molar-refractivity contribution in [1.82, 2.24) is 9.88 Å². The Morgan fingerprint density at radius 3 is 2.73 bits per heavy atom. The summed E-state index contributed by atoms with van der Waals surface area (Å²) < 4.78 is 0. The number of piperidine rings is 1. The number of aromatic nitrogens is 1. The molecule has 3 nitrogen and oxygen atoms in total. The maximum absolute atomic E-state index is 4.92. The minimum Gasteiger partial charge on any atom is -0.371 e. The number of hydrogen-bond acceptors (Lipinski definition) is 3. The van der Waals surface area contributed by atoms with Gasteiger partial charge >= 0.3 is 0 Å². The molecule has 22 heavy (non-hydrogen) atoms. The van der Waals surface area contributed by atoms with Crippen LogP contribution in [-0.4, -0.2) is 43.1 Å². The third kappa shape index (κ3) is 2.28. The van der Waals surface area contributed by atoms with Crippen LogP contribution in [0.3, 0.4) is 0 Å². The molecule has 0 saturated carbocycles. The fourth-order valence-corrected chi connectivity index (χ4v) is 4.15. The van der Waals surface area contributed by atoms with Crippen LogP contribution in [0.15, 0.2) is 24.3 Å². The Labute approximate surface area is 132 Å². The number of benzene rings is 1. The van der Waals surface area contributed by atoms with Crippen LogP contribution in [0, 0.1) is 0 Å². The van der Waals surface area contributed by atoms with Gasteiger partial charge in [0.15, 0.2) is 0 Å². The van der Waals surface area contributed by atoms with Crippen molar-refractivity contribution < 1.29 is 0 Å². The molecule has 1 saturated heterocycles. The molecule has 0 spiro atoms. The molecule has 0 radical (unpaired) electrons. The molecule has 2 aromatic rings. The van der Waals surface area contributed by atoms with Gasteiger partial charge in [-0.25, -0.2) is 0 Å². The number of anilines is 1. The van der Waals surface area contributed by atoms with E-state index in [-0.39, 0.29) is 0 Å². The number of rotatable bonds is 2. The number of fused-ring (bicyclic) bond motifs is 2. The smallest absolute Gasteiger partial charge is 0.0726 e. The molecule has 4 rings (SSSR count). The molecule has 1 fully saturated rings. The van der Waals surface area contributed by atoms with Crippen LogP contribution in [0.1, 0.15) is 30.5 Å². The third-order valence-electron chi connectivity index (χ3n) is 5.48. The first-order chi connectivity index (χ1) is 10.7. The van der Waals surface area contributed by atoms with Gasteiger partial charge in [-0.05, 0) is 63.9 Å². The molecule has 1 aromatic heterocycles. The molecular weight excluding hydrogens is 270 g/mol. The summed E-state index contributed by atoms with van der Waals surface area (Å²) in [6.45, 7) is 2.42. The standard InChI is InChI=1S/C19H25N3/c1-21-12-10-14(11-13-21)22(2)19-15-6-3-4-8-17(15)20-18-9-5-7-16(18)19/h3-4,6,8,14H,5,7,9-13H2,1-2H3. The number of likely N-dealkylation sites (tertiary alicyclic amines) is 1. The van der Waals surface area contributed by atoms with Crippen molar-refractivity contribution in [2.45, 2.75) is 38.1 Å². The van der Waals surface area contributed by atoms with Gasteiger partial charge in [-0.2, -0.15) is 0 Å². The summed E-state index contributed by atoms with van der Waals surface area (Å²) in [5.74, 6) is 0.